The Morgan fingerprint density at radius 3 is 2.50 bits per heavy atom. The molecule has 0 spiro atoms. The van der Waals surface area contributed by atoms with Crippen LogP contribution in [0.4, 0.5) is 5.69 Å². The largest absolute Gasteiger partial charge is 0.396 e. The molecule has 1 aliphatic heterocycles. The van der Waals surface area contributed by atoms with Crippen LogP contribution in [0.25, 0.3) is 0 Å². The van der Waals surface area contributed by atoms with Gasteiger partial charge in [0.15, 0.2) is 0 Å². The monoisotopic (exact) mass is 334 g/mol. The molecule has 2 rings (SSSR count). The molecule has 0 aliphatic carbocycles. The second-order valence-corrected chi connectivity index (χ2v) is 6.35. The van der Waals surface area contributed by atoms with Crippen LogP contribution >= 0.6 is 0 Å². The fraction of sp³-hybridized carbons (Fsp3) is 0.632. The molecule has 1 amide bonds. The first-order valence-electron chi connectivity index (χ1n) is 9.02. The first-order valence-corrected chi connectivity index (χ1v) is 9.02. The topological polar surface area (TPSA) is 61.8 Å². The lowest BCUT2D eigenvalue weighted by Gasteiger charge is -2.33. The summed E-state index contributed by atoms with van der Waals surface area (Å²) in [7, 11) is 0. The number of amides is 1. The molecule has 1 heterocycles. The number of hydrogen-bond acceptors (Lipinski definition) is 4. The van der Waals surface area contributed by atoms with Crippen LogP contribution in [0, 0.1) is 5.92 Å². The van der Waals surface area contributed by atoms with Gasteiger partial charge in [0.05, 0.1) is 0 Å². The van der Waals surface area contributed by atoms with E-state index < -0.39 is 0 Å². The van der Waals surface area contributed by atoms with E-state index in [0.29, 0.717) is 32.1 Å². The number of aliphatic hydroxyl groups is 1. The van der Waals surface area contributed by atoms with Crippen molar-refractivity contribution in [3.8, 4) is 0 Å². The smallest absolute Gasteiger partial charge is 0.249 e. The van der Waals surface area contributed by atoms with Gasteiger partial charge in [0.2, 0.25) is 5.91 Å². The standard InChI is InChI=1S/C19H30N2O3/c1-3-18(24-4-2)19(23)20-13-15-5-7-17(8-6-15)21-11-9-16(14-22)10-12-21/h5-8,16,18,22H,3-4,9-14H2,1-2H3,(H,20,23). The Bertz CT molecular complexity index is 496. The predicted octanol–water partition coefficient (Wildman–Crippen LogP) is 2.33. The van der Waals surface area contributed by atoms with E-state index in [0.717, 1.165) is 31.5 Å². The zero-order chi connectivity index (χ0) is 17.4. The first-order chi connectivity index (χ1) is 11.7. The third-order valence-electron chi connectivity index (χ3n) is 4.67. The summed E-state index contributed by atoms with van der Waals surface area (Å²) < 4.78 is 5.42. The van der Waals surface area contributed by atoms with E-state index in [1.165, 1.54) is 5.69 Å². The van der Waals surface area contributed by atoms with Crippen LogP contribution in [-0.4, -0.2) is 43.4 Å². The normalized spacial score (nSPS) is 16.9. The summed E-state index contributed by atoms with van der Waals surface area (Å²) >= 11 is 0. The molecule has 134 valence electrons. The van der Waals surface area contributed by atoms with Crippen molar-refractivity contribution in [3.63, 3.8) is 0 Å². The number of benzene rings is 1. The molecule has 1 aliphatic rings. The number of rotatable bonds is 8. The summed E-state index contributed by atoms with van der Waals surface area (Å²) in [5.74, 6) is 0.405. The molecule has 0 saturated carbocycles. The lowest BCUT2D eigenvalue weighted by molar-refractivity contribution is -0.132. The molecule has 0 aromatic heterocycles. The number of carbonyl (C=O) groups is 1. The Balaban J connectivity index is 1.83. The maximum Gasteiger partial charge on any atom is 0.249 e. The summed E-state index contributed by atoms with van der Waals surface area (Å²) in [5, 5.41) is 12.2. The summed E-state index contributed by atoms with van der Waals surface area (Å²) in [6.07, 6.45) is 2.42. The number of piperidine rings is 1. The second-order valence-electron chi connectivity index (χ2n) is 6.35. The van der Waals surface area contributed by atoms with Gasteiger partial charge in [-0.15, -0.1) is 0 Å². The van der Waals surface area contributed by atoms with E-state index in [1.54, 1.807) is 0 Å². The van der Waals surface area contributed by atoms with Crippen molar-refractivity contribution in [2.24, 2.45) is 5.92 Å². The highest BCUT2D eigenvalue weighted by molar-refractivity contribution is 5.80. The minimum Gasteiger partial charge on any atom is -0.396 e. The molecule has 0 bridgehead atoms. The number of ether oxygens (including phenoxy) is 1. The maximum atomic E-state index is 12.0. The zero-order valence-corrected chi connectivity index (χ0v) is 14.8. The van der Waals surface area contributed by atoms with Gasteiger partial charge in [-0.3, -0.25) is 4.79 Å². The molecule has 1 fully saturated rings. The molecule has 1 atom stereocenters. The van der Waals surface area contributed by atoms with Crippen LogP contribution in [0.5, 0.6) is 0 Å². The third-order valence-corrected chi connectivity index (χ3v) is 4.67. The van der Waals surface area contributed by atoms with Gasteiger partial charge in [0.25, 0.3) is 0 Å². The highest BCUT2D eigenvalue weighted by atomic mass is 16.5. The third kappa shape index (κ3) is 5.21. The van der Waals surface area contributed by atoms with E-state index in [4.69, 9.17) is 4.74 Å². The average molecular weight is 334 g/mol. The lowest BCUT2D eigenvalue weighted by atomic mass is 9.97. The minimum absolute atomic E-state index is 0.0468. The summed E-state index contributed by atoms with van der Waals surface area (Å²) in [4.78, 5) is 14.4. The number of aliphatic hydroxyl groups excluding tert-OH is 1. The van der Waals surface area contributed by atoms with Crippen LogP contribution in [0.2, 0.25) is 0 Å². The van der Waals surface area contributed by atoms with E-state index in [-0.39, 0.29) is 12.0 Å². The number of nitrogens with zero attached hydrogens (tertiary/aromatic N) is 1. The molecule has 2 N–H and O–H groups in total. The fourth-order valence-electron chi connectivity index (χ4n) is 3.08. The van der Waals surface area contributed by atoms with Crippen LogP contribution in [0.15, 0.2) is 24.3 Å². The molecule has 1 aromatic rings. The average Bonchev–Trinajstić information content (AvgIpc) is 2.64. The van der Waals surface area contributed by atoms with Gasteiger partial charge in [-0.2, -0.15) is 0 Å². The Morgan fingerprint density at radius 2 is 1.96 bits per heavy atom. The minimum atomic E-state index is -0.359. The van der Waals surface area contributed by atoms with Crippen molar-refractivity contribution >= 4 is 11.6 Å². The summed E-state index contributed by atoms with van der Waals surface area (Å²) in [5.41, 5.74) is 2.30. The highest BCUT2D eigenvalue weighted by Gasteiger charge is 2.19. The van der Waals surface area contributed by atoms with Crippen molar-refractivity contribution in [3.05, 3.63) is 29.8 Å². The first kappa shape index (κ1) is 18.7. The Hall–Kier alpha value is -1.59. The number of nitrogens with one attached hydrogen (secondary N) is 1. The van der Waals surface area contributed by atoms with E-state index in [2.05, 4.69) is 34.5 Å². The van der Waals surface area contributed by atoms with E-state index in [1.807, 2.05) is 13.8 Å². The molecule has 1 unspecified atom stereocenters. The molecule has 24 heavy (non-hydrogen) atoms. The van der Waals surface area contributed by atoms with Crippen molar-refractivity contribution in [1.82, 2.24) is 5.32 Å². The van der Waals surface area contributed by atoms with Crippen LogP contribution in [0.3, 0.4) is 0 Å². The Morgan fingerprint density at radius 1 is 1.29 bits per heavy atom. The fourth-order valence-corrected chi connectivity index (χ4v) is 3.08. The lowest BCUT2D eigenvalue weighted by Crippen LogP contribution is -2.36. The SMILES string of the molecule is CCOC(CC)C(=O)NCc1ccc(N2CCC(CO)CC2)cc1. The van der Waals surface area contributed by atoms with Crippen LogP contribution in [-0.2, 0) is 16.1 Å². The van der Waals surface area contributed by atoms with Crippen molar-refractivity contribution in [2.75, 3.05) is 31.2 Å². The predicted molar refractivity (Wildman–Crippen MR) is 96.0 cm³/mol. The van der Waals surface area contributed by atoms with Gasteiger partial charge in [-0.25, -0.2) is 0 Å². The van der Waals surface area contributed by atoms with Gasteiger partial charge in [0, 0.05) is 38.5 Å². The zero-order valence-electron chi connectivity index (χ0n) is 14.8. The van der Waals surface area contributed by atoms with Gasteiger partial charge in [-0.1, -0.05) is 19.1 Å². The molecule has 1 saturated heterocycles. The van der Waals surface area contributed by atoms with Crippen LogP contribution < -0.4 is 10.2 Å². The number of hydrogen-bond donors (Lipinski definition) is 2. The molecule has 5 nitrogen and oxygen atoms in total. The number of carbonyl (C=O) groups excluding carboxylic acids is 1. The molecule has 0 radical (unpaired) electrons. The van der Waals surface area contributed by atoms with E-state index in [9.17, 15) is 9.90 Å². The maximum absolute atomic E-state index is 12.0. The van der Waals surface area contributed by atoms with Gasteiger partial charge in [0.1, 0.15) is 6.10 Å². The second kappa shape index (κ2) is 9.64. The van der Waals surface area contributed by atoms with Crippen molar-refractivity contribution < 1.29 is 14.6 Å². The van der Waals surface area contributed by atoms with Crippen molar-refractivity contribution in [2.45, 2.75) is 45.8 Å². The summed E-state index contributed by atoms with van der Waals surface area (Å²) in [6, 6.07) is 8.35. The van der Waals surface area contributed by atoms with Crippen LogP contribution in [0.1, 0.15) is 38.7 Å². The highest BCUT2D eigenvalue weighted by Crippen LogP contribution is 2.23. The van der Waals surface area contributed by atoms with Gasteiger partial charge in [-0.05, 0) is 49.8 Å². The molecular weight excluding hydrogens is 304 g/mol. The van der Waals surface area contributed by atoms with E-state index >= 15 is 0 Å². The quantitative estimate of drug-likeness (QED) is 0.766. The Kier molecular flexibility index (Phi) is 7.53. The van der Waals surface area contributed by atoms with Gasteiger partial charge >= 0.3 is 0 Å². The van der Waals surface area contributed by atoms with Gasteiger partial charge < -0.3 is 20.1 Å². The summed E-state index contributed by atoms with van der Waals surface area (Å²) in [6.45, 7) is 7.21. The molecular formula is C19H30N2O3. The Labute approximate surface area is 145 Å². The van der Waals surface area contributed by atoms with Crippen molar-refractivity contribution in [1.29, 1.82) is 0 Å². The number of anilines is 1. The molecule has 1 aromatic carbocycles. The molecule has 5 heteroatoms.